The van der Waals surface area contributed by atoms with Crippen molar-refractivity contribution < 1.29 is 4.79 Å². The lowest BCUT2D eigenvalue weighted by Gasteiger charge is -2.21. The molecule has 5 aromatic rings. The average molecular weight is 462 g/mol. The number of unbranched alkanes of at least 4 members (excludes halogenated alkanes) is 1. The van der Waals surface area contributed by atoms with Gasteiger partial charge < -0.3 is 11.1 Å². The van der Waals surface area contributed by atoms with Gasteiger partial charge in [0.05, 0.1) is 39.2 Å². The van der Waals surface area contributed by atoms with Crippen LogP contribution in [0.1, 0.15) is 30.4 Å². The number of nitrogens with zero attached hydrogens (tertiary/aromatic N) is 5. The molecule has 1 amide bonds. The highest BCUT2D eigenvalue weighted by molar-refractivity contribution is 6.21. The largest absolute Gasteiger partial charge is 0.354 e. The van der Waals surface area contributed by atoms with Crippen molar-refractivity contribution in [1.82, 2.24) is 25.3 Å². The number of nitrogens with two attached hydrogens (primary N) is 1. The van der Waals surface area contributed by atoms with E-state index in [1.165, 1.54) is 0 Å². The number of pyridine rings is 2. The van der Waals surface area contributed by atoms with E-state index in [1.54, 1.807) is 12.4 Å². The standard InChI is InChI=1S/C27H23N7O/c28-9-1-2-10-32-26(35)27(15-29)8-7-16-13-20-21(14-19(16)27)34-25-18-6-4-12-31-23(18)22-17(24(25)33-20)5-3-11-30-22/h3-6,11-14H,1-2,7-10,28H2,(H,32,35). The molecular formula is C27H23N7O. The number of hydrogen-bond donors (Lipinski definition) is 2. The summed E-state index contributed by atoms with van der Waals surface area (Å²) in [6.07, 6.45) is 6.20. The van der Waals surface area contributed by atoms with E-state index < -0.39 is 5.41 Å². The first-order chi connectivity index (χ1) is 17.2. The van der Waals surface area contributed by atoms with Crippen LogP contribution in [-0.2, 0) is 16.6 Å². The molecule has 35 heavy (non-hydrogen) atoms. The summed E-state index contributed by atoms with van der Waals surface area (Å²) in [5, 5.41) is 14.9. The van der Waals surface area contributed by atoms with Crippen molar-refractivity contribution in [2.75, 3.05) is 13.1 Å². The summed E-state index contributed by atoms with van der Waals surface area (Å²) in [5.74, 6) is -0.254. The Bertz CT molecular complexity index is 1690. The molecule has 0 saturated heterocycles. The molecule has 8 heteroatoms. The number of fused-ring (bicyclic) bond motifs is 8. The molecule has 172 valence electrons. The molecule has 1 unspecified atom stereocenters. The van der Waals surface area contributed by atoms with E-state index in [0.29, 0.717) is 31.4 Å². The number of benzene rings is 2. The smallest absolute Gasteiger partial charge is 0.245 e. The third kappa shape index (κ3) is 3.20. The fourth-order valence-corrected chi connectivity index (χ4v) is 5.18. The van der Waals surface area contributed by atoms with Gasteiger partial charge in [0.2, 0.25) is 5.91 Å². The van der Waals surface area contributed by atoms with Gasteiger partial charge in [0.1, 0.15) is 0 Å². The predicted molar refractivity (Wildman–Crippen MR) is 135 cm³/mol. The molecule has 0 spiro atoms. The zero-order valence-corrected chi connectivity index (χ0v) is 19.1. The number of carbonyl (C=O) groups is 1. The van der Waals surface area contributed by atoms with Crippen molar-refractivity contribution in [3.05, 3.63) is 59.9 Å². The van der Waals surface area contributed by atoms with Crippen LogP contribution in [0.25, 0.3) is 43.9 Å². The summed E-state index contributed by atoms with van der Waals surface area (Å²) in [6.45, 7) is 1.09. The maximum absolute atomic E-state index is 13.2. The van der Waals surface area contributed by atoms with E-state index >= 15 is 0 Å². The van der Waals surface area contributed by atoms with Gasteiger partial charge in [-0.05, 0) is 79.8 Å². The number of aromatic nitrogens is 4. The summed E-state index contributed by atoms with van der Waals surface area (Å²) in [6, 6.07) is 13.9. The number of carbonyl (C=O) groups excluding carboxylic acids is 1. The second kappa shape index (κ2) is 8.22. The normalized spacial score (nSPS) is 17.1. The Kier molecular flexibility index (Phi) is 5.01. The molecule has 0 bridgehead atoms. The molecule has 0 radical (unpaired) electrons. The zero-order chi connectivity index (χ0) is 24.0. The van der Waals surface area contributed by atoms with Crippen LogP contribution in [-0.4, -0.2) is 38.9 Å². The van der Waals surface area contributed by atoms with Crippen LogP contribution in [0, 0.1) is 11.3 Å². The van der Waals surface area contributed by atoms with E-state index in [2.05, 4.69) is 21.4 Å². The monoisotopic (exact) mass is 461 g/mol. The van der Waals surface area contributed by atoms with E-state index in [1.807, 2.05) is 36.4 Å². The number of amides is 1. The summed E-state index contributed by atoms with van der Waals surface area (Å²) in [7, 11) is 0. The molecule has 0 aliphatic heterocycles. The van der Waals surface area contributed by atoms with Crippen LogP contribution in [0.2, 0.25) is 0 Å². The first-order valence-corrected chi connectivity index (χ1v) is 11.8. The second-order valence-electron chi connectivity index (χ2n) is 8.99. The van der Waals surface area contributed by atoms with Crippen molar-refractivity contribution in [3.8, 4) is 6.07 Å². The Morgan fingerprint density at radius 2 is 1.66 bits per heavy atom. The highest BCUT2D eigenvalue weighted by atomic mass is 16.2. The van der Waals surface area contributed by atoms with E-state index in [0.717, 1.165) is 62.3 Å². The van der Waals surface area contributed by atoms with Crippen molar-refractivity contribution >= 4 is 49.8 Å². The third-order valence-electron chi connectivity index (χ3n) is 6.96. The van der Waals surface area contributed by atoms with Crippen LogP contribution in [0.15, 0.2) is 48.8 Å². The lowest BCUT2D eigenvalue weighted by atomic mass is 9.82. The van der Waals surface area contributed by atoms with E-state index in [-0.39, 0.29) is 5.91 Å². The van der Waals surface area contributed by atoms with Crippen molar-refractivity contribution in [2.24, 2.45) is 5.73 Å². The fraction of sp³-hybridized carbons (Fsp3) is 0.259. The molecule has 0 saturated carbocycles. The maximum Gasteiger partial charge on any atom is 0.245 e. The molecule has 2 aromatic carbocycles. The number of rotatable bonds is 5. The molecule has 1 aliphatic carbocycles. The Morgan fingerprint density at radius 3 is 2.29 bits per heavy atom. The van der Waals surface area contributed by atoms with Crippen LogP contribution in [0.4, 0.5) is 0 Å². The number of nitriles is 1. The van der Waals surface area contributed by atoms with Crippen molar-refractivity contribution in [1.29, 1.82) is 5.26 Å². The van der Waals surface area contributed by atoms with Gasteiger partial charge in [-0.25, -0.2) is 9.97 Å². The number of hydrogen-bond acceptors (Lipinski definition) is 7. The minimum absolute atomic E-state index is 0.254. The molecule has 3 heterocycles. The van der Waals surface area contributed by atoms with Crippen molar-refractivity contribution in [3.63, 3.8) is 0 Å². The van der Waals surface area contributed by atoms with Gasteiger partial charge in [-0.2, -0.15) is 5.26 Å². The Morgan fingerprint density at radius 1 is 1.00 bits per heavy atom. The molecular weight excluding hydrogens is 438 g/mol. The zero-order valence-electron chi connectivity index (χ0n) is 19.1. The molecule has 1 aliphatic rings. The molecule has 6 rings (SSSR count). The molecule has 0 fully saturated rings. The quantitative estimate of drug-likeness (QED) is 0.233. The third-order valence-corrected chi connectivity index (χ3v) is 6.96. The fourth-order valence-electron chi connectivity index (χ4n) is 5.18. The Labute approximate surface area is 201 Å². The first-order valence-electron chi connectivity index (χ1n) is 11.8. The van der Waals surface area contributed by atoms with Crippen molar-refractivity contribution in [2.45, 2.75) is 31.1 Å². The number of aryl methyl sites for hydroxylation is 1. The molecule has 3 N–H and O–H groups in total. The minimum Gasteiger partial charge on any atom is -0.354 e. The van der Waals surface area contributed by atoms with Crippen LogP contribution in [0.3, 0.4) is 0 Å². The predicted octanol–water partition coefficient (Wildman–Crippen LogP) is 3.44. The van der Waals surface area contributed by atoms with Crippen LogP contribution < -0.4 is 11.1 Å². The molecule has 1 atom stereocenters. The summed E-state index contributed by atoms with van der Waals surface area (Å²) >= 11 is 0. The first kappa shape index (κ1) is 21.3. The van der Waals surface area contributed by atoms with E-state index in [9.17, 15) is 10.1 Å². The van der Waals surface area contributed by atoms with Gasteiger partial charge in [0.15, 0.2) is 5.41 Å². The maximum atomic E-state index is 13.2. The van der Waals surface area contributed by atoms with Gasteiger partial charge in [0.25, 0.3) is 0 Å². The number of nitrogens with one attached hydrogen (secondary N) is 1. The van der Waals surface area contributed by atoms with Gasteiger partial charge in [-0.1, -0.05) is 0 Å². The Balaban J connectivity index is 1.55. The minimum atomic E-state index is -1.22. The average Bonchev–Trinajstić information content (AvgIpc) is 3.27. The highest BCUT2D eigenvalue weighted by Gasteiger charge is 2.46. The summed E-state index contributed by atoms with van der Waals surface area (Å²) in [4.78, 5) is 32.3. The lowest BCUT2D eigenvalue weighted by molar-refractivity contribution is -0.124. The topological polar surface area (TPSA) is 130 Å². The van der Waals surface area contributed by atoms with Gasteiger partial charge in [-0.3, -0.25) is 14.8 Å². The Hall–Kier alpha value is -4.22. The SMILES string of the molecule is N#CC1(C(=O)NCCCCN)CCc2cc3nc4c5cccnc5c5ncccc5c4nc3cc21. The second-order valence-corrected chi connectivity index (χ2v) is 8.99. The van der Waals surface area contributed by atoms with E-state index in [4.69, 9.17) is 15.7 Å². The van der Waals surface area contributed by atoms with Gasteiger partial charge in [-0.15, -0.1) is 0 Å². The van der Waals surface area contributed by atoms with Crippen LogP contribution in [0.5, 0.6) is 0 Å². The van der Waals surface area contributed by atoms with Gasteiger partial charge >= 0.3 is 0 Å². The van der Waals surface area contributed by atoms with Gasteiger partial charge in [0, 0.05) is 29.7 Å². The molecule has 3 aromatic heterocycles. The summed E-state index contributed by atoms with van der Waals surface area (Å²) < 4.78 is 0. The highest BCUT2D eigenvalue weighted by Crippen LogP contribution is 2.41. The molecule has 8 nitrogen and oxygen atoms in total. The lowest BCUT2D eigenvalue weighted by Crippen LogP contribution is -2.42. The van der Waals surface area contributed by atoms with Crippen LogP contribution >= 0.6 is 0 Å². The summed E-state index contributed by atoms with van der Waals surface area (Å²) in [5.41, 5.74) is 10.5.